The molecule has 1 aliphatic carbocycles. The van der Waals surface area contributed by atoms with Gasteiger partial charge in [0.2, 0.25) is 0 Å². The van der Waals surface area contributed by atoms with E-state index in [9.17, 15) is 4.79 Å². The van der Waals surface area contributed by atoms with Crippen molar-refractivity contribution in [3.8, 4) is 11.4 Å². The summed E-state index contributed by atoms with van der Waals surface area (Å²) in [4.78, 5) is 19.2. The molecule has 1 saturated carbocycles. The summed E-state index contributed by atoms with van der Waals surface area (Å²) in [6, 6.07) is 28.6. The van der Waals surface area contributed by atoms with Gasteiger partial charge in [0.1, 0.15) is 18.1 Å². The fourth-order valence-corrected chi connectivity index (χ4v) is 6.24. The fourth-order valence-electron chi connectivity index (χ4n) is 6.24. The number of benzene rings is 3. The van der Waals surface area contributed by atoms with Crippen LogP contribution in [0.5, 0.6) is 5.75 Å². The zero-order valence-corrected chi connectivity index (χ0v) is 24.0. The van der Waals surface area contributed by atoms with E-state index < -0.39 is 0 Å². The van der Waals surface area contributed by atoms with E-state index in [4.69, 9.17) is 14.8 Å². The van der Waals surface area contributed by atoms with E-state index in [0.29, 0.717) is 13.0 Å². The first-order valence-corrected chi connectivity index (χ1v) is 14.2. The van der Waals surface area contributed by atoms with Gasteiger partial charge in [-0.05, 0) is 47.2 Å². The van der Waals surface area contributed by atoms with Gasteiger partial charge in [-0.2, -0.15) is 5.10 Å². The Morgan fingerprint density at radius 2 is 1.60 bits per heavy atom. The van der Waals surface area contributed by atoms with Crippen LogP contribution in [0.2, 0.25) is 0 Å². The number of rotatable bonds is 5. The van der Waals surface area contributed by atoms with Crippen molar-refractivity contribution in [2.24, 2.45) is 16.3 Å². The minimum absolute atomic E-state index is 0.125. The van der Waals surface area contributed by atoms with Crippen molar-refractivity contribution in [1.82, 2.24) is 9.78 Å². The molecular formula is C35H37N3O2. The molecule has 1 aromatic heterocycles. The Morgan fingerprint density at radius 3 is 2.30 bits per heavy atom. The van der Waals surface area contributed by atoms with Crippen LogP contribution >= 0.6 is 0 Å². The Kier molecular flexibility index (Phi) is 6.48. The Morgan fingerprint density at radius 1 is 0.900 bits per heavy atom. The van der Waals surface area contributed by atoms with E-state index >= 15 is 0 Å². The third kappa shape index (κ3) is 4.90. The number of aliphatic imine (C=N–C) groups is 1. The number of hydrogen-bond acceptors (Lipinski definition) is 4. The quantitative estimate of drug-likeness (QED) is 0.262. The normalized spacial score (nSPS) is 19.9. The zero-order chi connectivity index (χ0) is 28.1. The molecule has 6 rings (SSSR count). The van der Waals surface area contributed by atoms with Gasteiger partial charge in [0.25, 0.3) is 0 Å². The average Bonchev–Trinajstić information content (AvgIpc) is 3.31. The summed E-state index contributed by atoms with van der Waals surface area (Å²) in [7, 11) is 0. The molecule has 1 fully saturated rings. The number of para-hydroxylation sites is 1. The largest absolute Gasteiger partial charge is 0.489 e. The van der Waals surface area contributed by atoms with Gasteiger partial charge in [-0.25, -0.2) is 9.67 Å². The summed E-state index contributed by atoms with van der Waals surface area (Å²) in [5, 5.41) is 5.19. The number of ketones is 1. The van der Waals surface area contributed by atoms with Gasteiger partial charge in [0.05, 0.1) is 17.3 Å². The average molecular weight is 532 g/mol. The first-order chi connectivity index (χ1) is 19.1. The Hall–Kier alpha value is -3.99. The van der Waals surface area contributed by atoms with Gasteiger partial charge in [0, 0.05) is 29.0 Å². The number of ether oxygens (including phenoxy) is 1. The highest BCUT2D eigenvalue weighted by atomic mass is 16.5. The highest BCUT2D eigenvalue weighted by Crippen LogP contribution is 2.52. The first kappa shape index (κ1) is 26.2. The summed E-state index contributed by atoms with van der Waals surface area (Å²) in [6.07, 6.45) is 1.33. The van der Waals surface area contributed by atoms with Gasteiger partial charge < -0.3 is 4.74 Å². The smallest absolute Gasteiger partial charge is 0.159 e. The minimum atomic E-state index is -0.306. The number of carbonyl (C=O) groups is 1. The van der Waals surface area contributed by atoms with Gasteiger partial charge >= 0.3 is 0 Å². The summed E-state index contributed by atoms with van der Waals surface area (Å²) in [5.74, 6) is 1.41. The molecule has 0 amide bonds. The number of nitrogens with zero attached hydrogens (tertiary/aromatic N) is 3. The lowest BCUT2D eigenvalue weighted by Gasteiger charge is -2.41. The molecule has 0 radical (unpaired) electrons. The summed E-state index contributed by atoms with van der Waals surface area (Å²) in [5.41, 5.74) is 5.78. The molecule has 40 heavy (non-hydrogen) atoms. The van der Waals surface area contributed by atoms with E-state index in [2.05, 4.69) is 71.0 Å². The Labute approximate surface area is 236 Å². The maximum Gasteiger partial charge on any atom is 0.159 e. The molecule has 0 bridgehead atoms. The van der Waals surface area contributed by atoms with Crippen molar-refractivity contribution in [2.45, 2.75) is 65.4 Å². The van der Waals surface area contributed by atoms with Crippen molar-refractivity contribution in [3.63, 3.8) is 0 Å². The van der Waals surface area contributed by atoms with Crippen LogP contribution in [0.4, 0.5) is 5.82 Å². The molecule has 2 unspecified atom stereocenters. The molecular weight excluding hydrogens is 494 g/mol. The number of fused-ring (bicyclic) bond motifs is 2. The highest BCUT2D eigenvalue weighted by molar-refractivity contribution is 6.11. The van der Waals surface area contributed by atoms with Crippen LogP contribution in [0, 0.1) is 11.3 Å². The van der Waals surface area contributed by atoms with E-state index in [1.165, 1.54) is 0 Å². The molecule has 0 spiro atoms. The molecule has 1 aliphatic heterocycles. The molecule has 2 atom stereocenters. The lowest BCUT2D eigenvalue weighted by molar-refractivity contribution is -0.124. The second kappa shape index (κ2) is 9.88. The third-order valence-electron chi connectivity index (χ3n) is 7.99. The summed E-state index contributed by atoms with van der Waals surface area (Å²) < 4.78 is 8.22. The predicted molar refractivity (Wildman–Crippen MR) is 160 cm³/mol. The van der Waals surface area contributed by atoms with Crippen LogP contribution in [-0.4, -0.2) is 21.3 Å². The topological polar surface area (TPSA) is 56.5 Å². The van der Waals surface area contributed by atoms with Crippen LogP contribution in [-0.2, 0) is 16.8 Å². The summed E-state index contributed by atoms with van der Waals surface area (Å²) in [6.45, 7) is 11.4. The van der Waals surface area contributed by atoms with Crippen molar-refractivity contribution >= 4 is 17.3 Å². The molecule has 2 aliphatic rings. The zero-order valence-electron chi connectivity index (χ0n) is 24.0. The second-order valence-corrected chi connectivity index (χ2v) is 13.0. The van der Waals surface area contributed by atoms with Gasteiger partial charge in [-0.3, -0.25) is 4.79 Å². The molecule has 3 aromatic carbocycles. The van der Waals surface area contributed by atoms with E-state index in [-0.39, 0.29) is 28.4 Å². The van der Waals surface area contributed by atoms with Crippen LogP contribution in [0.25, 0.3) is 5.69 Å². The standard InChI is InChI=1S/C35H37N3O2/c1-34(2,3)32-31-29(24-15-12-18-26(19-24)40-22-23-13-8-6-9-14-23)30-27(20-35(4,5)21-28(30)39)36-33(31)38(37-32)25-16-10-7-11-17-25/h6-19,29-30H,20-22H2,1-5H3. The lowest BCUT2D eigenvalue weighted by Crippen LogP contribution is -2.42. The lowest BCUT2D eigenvalue weighted by atomic mass is 9.63. The van der Waals surface area contributed by atoms with Crippen LogP contribution in [0.15, 0.2) is 89.9 Å². The fraction of sp³-hybridized carbons (Fsp3) is 0.343. The van der Waals surface area contributed by atoms with Crippen LogP contribution in [0.1, 0.15) is 75.8 Å². The number of aromatic nitrogens is 2. The maximum atomic E-state index is 13.9. The molecule has 2 heterocycles. The molecule has 204 valence electrons. The van der Waals surface area contributed by atoms with E-state index in [0.717, 1.165) is 51.8 Å². The van der Waals surface area contributed by atoms with Crippen molar-refractivity contribution in [2.75, 3.05) is 0 Å². The van der Waals surface area contributed by atoms with Gasteiger partial charge in [-0.15, -0.1) is 0 Å². The number of hydrogen-bond donors (Lipinski definition) is 0. The van der Waals surface area contributed by atoms with Crippen LogP contribution < -0.4 is 4.74 Å². The van der Waals surface area contributed by atoms with E-state index in [1.807, 2.05) is 53.2 Å². The third-order valence-corrected chi connectivity index (χ3v) is 7.99. The maximum absolute atomic E-state index is 13.9. The van der Waals surface area contributed by atoms with Crippen molar-refractivity contribution in [1.29, 1.82) is 0 Å². The Balaban J connectivity index is 1.52. The number of carbonyl (C=O) groups excluding carboxylic acids is 1. The number of Topliss-reactive ketones (excluding diaryl/α,β-unsaturated/α-hetero) is 1. The van der Waals surface area contributed by atoms with Gasteiger partial charge in [0.15, 0.2) is 5.82 Å². The van der Waals surface area contributed by atoms with E-state index in [1.54, 1.807) is 0 Å². The van der Waals surface area contributed by atoms with Gasteiger partial charge in [-0.1, -0.05) is 95.3 Å². The molecule has 0 saturated heterocycles. The van der Waals surface area contributed by atoms with Crippen molar-refractivity contribution in [3.05, 3.63) is 107 Å². The molecule has 0 N–H and O–H groups in total. The minimum Gasteiger partial charge on any atom is -0.489 e. The highest BCUT2D eigenvalue weighted by Gasteiger charge is 2.48. The first-order valence-electron chi connectivity index (χ1n) is 14.2. The molecule has 5 heteroatoms. The predicted octanol–water partition coefficient (Wildman–Crippen LogP) is 7.97. The Bertz CT molecular complexity index is 1580. The SMILES string of the molecule is CC1(C)CC(=O)C2C(=Nc3c(c(C(C)(C)C)nn3-c3ccccc3)C2c2cccc(OCc3ccccc3)c2)C1. The monoisotopic (exact) mass is 531 g/mol. The second-order valence-electron chi connectivity index (χ2n) is 13.0. The van der Waals surface area contributed by atoms with Crippen LogP contribution in [0.3, 0.4) is 0 Å². The molecule has 4 aromatic rings. The summed E-state index contributed by atoms with van der Waals surface area (Å²) >= 11 is 0. The molecule has 5 nitrogen and oxygen atoms in total. The van der Waals surface area contributed by atoms with Crippen molar-refractivity contribution < 1.29 is 9.53 Å².